The summed E-state index contributed by atoms with van der Waals surface area (Å²) in [6.45, 7) is 3.47. The van der Waals surface area contributed by atoms with Crippen molar-refractivity contribution >= 4 is 0 Å². The molecule has 0 saturated carbocycles. The lowest BCUT2D eigenvalue weighted by Crippen LogP contribution is -2.31. The van der Waals surface area contributed by atoms with Crippen LogP contribution in [0.1, 0.15) is 25.3 Å². The predicted molar refractivity (Wildman–Crippen MR) is 73.7 cm³/mol. The van der Waals surface area contributed by atoms with Crippen molar-refractivity contribution < 1.29 is 4.92 Å². The van der Waals surface area contributed by atoms with Gasteiger partial charge in [-0.05, 0) is 18.1 Å². The summed E-state index contributed by atoms with van der Waals surface area (Å²) in [6.07, 6.45) is 6.52. The number of pyridine rings is 1. The molecule has 0 radical (unpaired) electrons. The van der Waals surface area contributed by atoms with Crippen molar-refractivity contribution in [3.05, 3.63) is 52.2 Å². The molecular weight excluding hydrogens is 244 g/mol. The standard InChI is InChI=1S/C13H20N4O2/c1-3-4-8-16(13(14-2)11-17(18)19)10-12-6-5-7-15-9-12/h5-7,9,11,14H,3-4,8,10H2,1-2H3/b13-11+. The number of nitrogens with zero attached hydrogens (tertiary/aromatic N) is 3. The van der Waals surface area contributed by atoms with Crippen LogP contribution in [-0.4, -0.2) is 28.4 Å². The van der Waals surface area contributed by atoms with Crippen LogP contribution in [0.5, 0.6) is 0 Å². The Hall–Kier alpha value is -2.11. The monoisotopic (exact) mass is 264 g/mol. The highest BCUT2D eigenvalue weighted by molar-refractivity contribution is 5.10. The predicted octanol–water partition coefficient (Wildman–Crippen LogP) is 1.98. The van der Waals surface area contributed by atoms with Crippen molar-refractivity contribution in [1.82, 2.24) is 15.2 Å². The molecule has 0 aliphatic rings. The van der Waals surface area contributed by atoms with E-state index < -0.39 is 4.92 Å². The molecule has 1 heterocycles. The Bertz CT molecular complexity index is 420. The van der Waals surface area contributed by atoms with Gasteiger partial charge in [-0.25, -0.2) is 0 Å². The van der Waals surface area contributed by atoms with Gasteiger partial charge in [0.15, 0.2) is 5.82 Å². The summed E-state index contributed by atoms with van der Waals surface area (Å²) >= 11 is 0. The first-order valence-corrected chi connectivity index (χ1v) is 6.34. The van der Waals surface area contributed by atoms with E-state index in [1.807, 2.05) is 17.0 Å². The van der Waals surface area contributed by atoms with Gasteiger partial charge in [-0.15, -0.1) is 0 Å². The molecule has 19 heavy (non-hydrogen) atoms. The first-order valence-electron chi connectivity index (χ1n) is 6.34. The first-order chi connectivity index (χ1) is 9.17. The van der Waals surface area contributed by atoms with Gasteiger partial charge in [0.1, 0.15) is 0 Å². The summed E-state index contributed by atoms with van der Waals surface area (Å²) in [4.78, 5) is 16.2. The maximum Gasteiger partial charge on any atom is 0.274 e. The lowest BCUT2D eigenvalue weighted by Gasteiger charge is -2.25. The molecule has 6 heteroatoms. The molecule has 0 aliphatic heterocycles. The zero-order valence-corrected chi connectivity index (χ0v) is 11.4. The van der Waals surface area contributed by atoms with Crippen LogP contribution in [0, 0.1) is 10.1 Å². The fourth-order valence-corrected chi connectivity index (χ4v) is 1.75. The Labute approximate surface area is 113 Å². The van der Waals surface area contributed by atoms with Crippen LogP contribution >= 0.6 is 0 Å². The molecule has 0 atom stereocenters. The van der Waals surface area contributed by atoms with E-state index in [-0.39, 0.29) is 0 Å². The van der Waals surface area contributed by atoms with E-state index in [1.165, 1.54) is 0 Å². The smallest absolute Gasteiger partial charge is 0.274 e. The second-order valence-electron chi connectivity index (χ2n) is 4.19. The summed E-state index contributed by atoms with van der Waals surface area (Å²) in [6, 6.07) is 3.83. The SMILES string of the molecule is CCCCN(Cc1cccnc1)/C(=C/[N+](=O)[O-])NC. The maximum absolute atomic E-state index is 10.6. The van der Waals surface area contributed by atoms with Gasteiger partial charge in [-0.3, -0.25) is 15.1 Å². The highest BCUT2D eigenvalue weighted by Gasteiger charge is 2.12. The Morgan fingerprint density at radius 3 is 2.95 bits per heavy atom. The molecule has 6 nitrogen and oxygen atoms in total. The van der Waals surface area contributed by atoms with Gasteiger partial charge in [-0.1, -0.05) is 19.4 Å². The molecule has 0 spiro atoms. The van der Waals surface area contributed by atoms with E-state index in [4.69, 9.17) is 0 Å². The van der Waals surface area contributed by atoms with E-state index in [2.05, 4.69) is 17.2 Å². The Kier molecular flexibility index (Phi) is 6.35. The minimum absolute atomic E-state index is 0.436. The Balaban J connectivity index is 2.84. The first kappa shape index (κ1) is 14.9. The molecule has 0 amide bonds. The maximum atomic E-state index is 10.6. The van der Waals surface area contributed by atoms with Gasteiger partial charge in [0.2, 0.25) is 0 Å². The molecule has 104 valence electrons. The van der Waals surface area contributed by atoms with Crippen LogP contribution in [0.2, 0.25) is 0 Å². The van der Waals surface area contributed by atoms with Crippen molar-refractivity contribution in [2.24, 2.45) is 0 Å². The van der Waals surface area contributed by atoms with Gasteiger partial charge < -0.3 is 10.2 Å². The van der Waals surface area contributed by atoms with Crippen molar-refractivity contribution in [1.29, 1.82) is 0 Å². The normalized spacial score (nSPS) is 11.2. The minimum Gasteiger partial charge on any atom is -0.370 e. The summed E-state index contributed by atoms with van der Waals surface area (Å²) < 4.78 is 0. The third-order valence-corrected chi connectivity index (χ3v) is 2.70. The van der Waals surface area contributed by atoms with Gasteiger partial charge in [0, 0.05) is 32.5 Å². The molecule has 0 saturated heterocycles. The summed E-state index contributed by atoms with van der Waals surface area (Å²) in [5, 5.41) is 13.5. The Morgan fingerprint density at radius 1 is 1.63 bits per heavy atom. The van der Waals surface area contributed by atoms with E-state index in [0.29, 0.717) is 12.4 Å². The molecule has 0 aliphatic carbocycles. The molecule has 1 rings (SSSR count). The van der Waals surface area contributed by atoms with Gasteiger partial charge in [-0.2, -0.15) is 0 Å². The number of hydrogen-bond acceptors (Lipinski definition) is 5. The zero-order chi connectivity index (χ0) is 14.1. The third kappa shape index (κ3) is 5.37. The van der Waals surface area contributed by atoms with Crippen LogP contribution in [0.4, 0.5) is 0 Å². The average Bonchev–Trinajstić information content (AvgIpc) is 2.42. The molecule has 0 bridgehead atoms. The van der Waals surface area contributed by atoms with Crippen molar-refractivity contribution in [2.75, 3.05) is 13.6 Å². The van der Waals surface area contributed by atoms with Crippen LogP contribution < -0.4 is 5.32 Å². The zero-order valence-electron chi connectivity index (χ0n) is 11.4. The summed E-state index contributed by atoms with van der Waals surface area (Å²) in [5.41, 5.74) is 1.03. The number of nitro groups is 1. The van der Waals surface area contributed by atoms with E-state index in [0.717, 1.165) is 31.1 Å². The number of hydrogen-bond donors (Lipinski definition) is 1. The van der Waals surface area contributed by atoms with Crippen LogP contribution in [0.15, 0.2) is 36.5 Å². The lowest BCUT2D eigenvalue weighted by molar-refractivity contribution is -0.404. The molecule has 0 aromatic carbocycles. The molecule has 0 fully saturated rings. The second kappa shape index (κ2) is 8.07. The lowest BCUT2D eigenvalue weighted by atomic mass is 10.2. The number of rotatable bonds is 8. The third-order valence-electron chi connectivity index (χ3n) is 2.70. The highest BCUT2D eigenvalue weighted by atomic mass is 16.6. The van der Waals surface area contributed by atoms with E-state index in [1.54, 1.807) is 19.4 Å². The summed E-state index contributed by atoms with van der Waals surface area (Å²) in [7, 11) is 1.69. The van der Waals surface area contributed by atoms with Gasteiger partial charge in [0.25, 0.3) is 6.20 Å². The van der Waals surface area contributed by atoms with Crippen LogP contribution in [0.25, 0.3) is 0 Å². The number of unbranched alkanes of at least 4 members (excludes halogenated alkanes) is 1. The Morgan fingerprint density at radius 2 is 2.42 bits per heavy atom. The fraction of sp³-hybridized carbons (Fsp3) is 0.462. The van der Waals surface area contributed by atoms with E-state index >= 15 is 0 Å². The van der Waals surface area contributed by atoms with Crippen LogP contribution in [-0.2, 0) is 6.54 Å². The van der Waals surface area contributed by atoms with Crippen LogP contribution in [0.3, 0.4) is 0 Å². The van der Waals surface area contributed by atoms with Gasteiger partial charge in [0.05, 0.1) is 4.92 Å². The minimum atomic E-state index is -0.436. The van der Waals surface area contributed by atoms with Gasteiger partial charge >= 0.3 is 0 Å². The van der Waals surface area contributed by atoms with E-state index in [9.17, 15) is 10.1 Å². The van der Waals surface area contributed by atoms with Crippen molar-refractivity contribution in [3.63, 3.8) is 0 Å². The molecule has 1 aromatic heterocycles. The largest absolute Gasteiger partial charge is 0.370 e. The highest BCUT2D eigenvalue weighted by Crippen LogP contribution is 2.10. The molecule has 1 aromatic rings. The molecule has 0 unspecified atom stereocenters. The number of nitrogens with one attached hydrogen (secondary N) is 1. The second-order valence-corrected chi connectivity index (χ2v) is 4.19. The van der Waals surface area contributed by atoms with Crippen molar-refractivity contribution in [2.45, 2.75) is 26.3 Å². The molecule has 1 N–H and O–H groups in total. The average molecular weight is 264 g/mol. The number of aromatic nitrogens is 1. The quantitative estimate of drug-likeness (QED) is 0.574. The topological polar surface area (TPSA) is 71.3 Å². The van der Waals surface area contributed by atoms with Crippen molar-refractivity contribution in [3.8, 4) is 0 Å². The summed E-state index contributed by atoms with van der Waals surface area (Å²) in [5.74, 6) is 0.516. The fourth-order valence-electron chi connectivity index (χ4n) is 1.75. The molecular formula is C13H20N4O2.